The van der Waals surface area contributed by atoms with E-state index >= 15 is 0 Å². The average Bonchev–Trinajstić information content (AvgIpc) is 2.65. The third-order valence-corrected chi connectivity index (χ3v) is 1.71. The van der Waals surface area contributed by atoms with Crippen molar-refractivity contribution in [3.63, 3.8) is 0 Å². The van der Waals surface area contributed by atoms with Crippen molar-refractivity contribution in [3.05, 3.63) is 6.33 Å². The van der Waals surface area contributed by atoms with E-state index in [0.717, 1.165) is 19.4 Å². The molecule has 0 aliphatic rings. The van der Waals surface area contributed by atoms with Gasteiger partial charge in [-0.3, -0.25) is 4.79 Å². The lowest BCUT2D eigenvalue weighted by molar-refractivity contribution is -0.143. The van der Waals surface area contributed by atoms with Gasteiger partial charge in [-0.05, 0) is 30.2 Å². The molecule has 0 unspecified atom stereocenters. The number of esters is 1. The Bertz CT molecular complexity index is 260. The van der Waals surface area contributed by atoms with Gasteiger partial charge in [-0.2, -0.15) is 0 Å². The number of hydrogen-bond donors (Lipinski definition) is 0. The molecule has 1 heterocycles. The largest absolute Gasteiger partial charge is 0.466 e. The van der Waals surface area contributed by atoms with Crippen LogP contribution in [0, 0.1) is 0 Å². The maximum absolute atomic E-state index is 10.9. The molecule has 6 heteroatoms. The molecule has 14 heavy (non-hydrogen) atoms. The van der Waals surface area contributed by atoms with Gasteiger partial charge in [0.1, 0.15) is 6.33 Å². The molecular weight excluding hydrogens is 184 g/mol. The minimum Gasteiger partial charge on any atom is -0.466 e. The van der Waals surface area contributed by atoms with Crippen LogP contribution >= 0.6 is 0 Å². The third-order valence-electron chi connectivity index (χ3n) is 1.71. The summed E-state index contributed by atoms with van der Waals surface area (Å²) < 4.78 is 6.44. The van der Waals surface area contributed by atoms with Gasteiger partial charge in [0.05, 0.1) is 6.61 Å². The van der Waals surface area contributed by atoms with Gasteiger partial charge in [0, 0.05) is 13.0 Å². The molecule has 0 bridgehead atoms. The second kappa shape index (κ2) is 6.06. The molecule has 0 atom stereocenters. The van der Waals surface area contributed by atoms with Gasteiger partial charge in [-0.25, -0.2) is 4.68 Å². The Morgan fingerprint density at radius 2 is 2.36 bits per heavy atom. The fourth-order valence-corrected chi connectivity index (χ4v) is 1.06. The van der Waals surface area contributed by atoms with E-state index in [1.807, 2.05) is 0 Å². The van der Waals surface area contributed by atoms with Gasteiger partial charge in [0.15, 0.2) is 0 Å². The third kappa shape index (κ3) is 3.97. The molecule has 0 N–H and O–H groups in total. The summed E-state index contributed by atoms with van der Waals surface area (Å²) in [7, 11) is 0. The molecule has 0 saturated heterocycles. The summed E-state index contributed by atoms with van der Waals surface area (Å²) >= 11 is 0. The van der Waals surface area contributed by atoms with Gasteiger partial charge >= 0.3 is 5.97 Å². The summed E-state index contributed by atoms with van der Waals surface area (Å²) in [6.45, 7) is 3.00. The number of nitrogens with zero attached hydrogens (tertiary/aromatic N) is 4. The normalized spacial score (nSPS) is 10.1. The van der Waals surface area contributed by atoms with E-state index in [4.69, 9.17) is 4.74 Å². The Balaban J connectivity index is 2.02. The number of ether oxygens (including phenoxy) is 1. The number of carbonyl (C=O) groups excluding carboxylic acids is 1. The smallest absolute Gasteiger partial charge is 0.305 e. The lowest BCUT2D eigenvalue weighted by Gasteiger charge is -2.01. The van der Waals surface area contributed by atoms with E-state index in [-0.39, 0.29) is 5.97 Å². The van der Waals surface area contributed by atoms with Crippen molar-refractivity contribution in [1.29, 1.82) is 0 Å². The van der Waals surface area contributed by atoms with Crippen LogP contribution in [0.2, 0.25) is 0 Å². The Morgan fingerprint density at radius 3 is 3.00 bits per heavy atom. The predicted octanol–water partition coefficient (Wildman–Crippen LogP) is 0.406. The van der Waals surface area contributed by atoms with E-state index in [2.05, 4.69) is 15.5 Å². The lowest BCUT2D eigenvalue weighted by Crippen LogP contribution is -2.05. The molecule has 0 aliphatic heterocycles. The van der Waals surface area contributed by atoms with Crippen molar-refractivity contribution in [2.75, 3.05) is 6.61 Å². The number of aryl methyl sites for hydroxylation is 1. The van der Waals surface area contributed by atoms with Crippen molar-refractivity contribution in [1.82, 2.24) is 20.2 Å². The minimum absolute atomic E-state index is 0.135. The molecule has 0 spiro atoms. The molecule has 1 aromatic rings. The fraction of sp³-hybridized carbons (Fsp3) is 0.750. The van der Waals surface area contributed by atoms with Gasteiger partial charge in [0.25, 0.3) is 0 Å². The molecule has 0 fully saturated rings. The molecule has 0 saturated carbocycles. The molecule has 1 aromatic heterocycles. The van der Waals surface area contributed by atoms with Gasteiger partial charge in [-0.1, -0.05) is 0 Å². The van der Waals surface area contributed by atoms with Crippen LogP contribution in [0.15, 0.2) is 6.33 Å². The van der Waals surface area contributed by atoms with Crippen LogP contribution in [0.25, 0.3) is 0 Å². The summed E-state index contributed by atoms with van der Waals surface area (Å²) in [6, 6.07) is 0. The fourth-order valence-electron chi connectivity index (χ4n) is 1.06. The zero-order valence-corrected chi connectivity index (χ0v) is 8.22. The van der Waals surface area contributed by atoms with E-state index < -0.39 is 0 Å². The first-order chi connectivity index (χ1) is 6.83. The van der Waals surface area contributed by atoms with Crippen molar-refractivity contribution >= 4 is 5.97 Å². The maximum atomic E-state index is 10.9. The Kier molecular flexibility index (Phi) is 4.60. The monoisotopic (exact) mass is 198 g/mol. The first kappa shape index (κ1) is 10.6. The molecule has 0 amide bonds. The van der Waals surface area contributed by atoms with E-state index in [0.29, 0.717) is 13.0 Å². The first-order valence-electron chi connectivity index (χ1n) is 4.69. The highest BCUT2D eigenvalue weighted by Gasteiger charge is 2.00. The van der Waals surface area contributed by atoms with Gasteiger partial charge in [0.2, 0.25) is 0 Å². The second-order valence-corrected chi connectivity index (χ2v) is 2.84. The van der Waals surface area contributed by atoms with Crippen LogP contribution in [0.3, 0.4) is 0 Å². The number of rotatable bonds is 6. The van der Waals surface area contributed by atoms with E-state index in [9.17, 15) is 4.79 Å². The quantitative estimate of drug-likeness (QED) is 0.489. The first-order valence-corrected chi connectivity index (χ1v) is 4.69. The van der Waals surface area contributed by atoms with E-state index in [1.165, 1.54) is 0 Å². The average molecular weight is 198 g/mol. The standard InChI is InChI=1S/C8H14N4O2/c1-2-14-8(13)5-3-4-6-12-7-9-10-11-12/h7H,2-6H2,1H3. The summed E-state index contributed by atoms with van der Waals surface area (Å²) in [4.78, 5) is 10.9. The second-order valence-electron chi connectivity index (χ2n) is 2.84. The highest BCUT2D eigenvalue weighted by molar-refractivity contribution is 5.69. The SMILES string of the molecule is CCOC(=O)CCCCn1cnnn1. The highest BCUT2D eigenvalue weighted by atomic mass is 16.5. The van der Waals surface area contributed by atoms with Crippen LogP contribution in [0.5, 0.6) is 0 Å². The molecule has 0 radical (unpaired) electrons. The van der Waals surface area contributed by atoms with Crippen molar-refractivity contribution in [2.45, 2.75) is 32.7 Å². The van der Waals surface area contributed by atoms with Crippen molar-refractivity contribution in [3.8, 4) is 0 Å². The maximum Gasteiger partial charge on any atom is 0.305 e. The van der Waals surface area contributed by atoms with Crippen molar-refractivity contribution in [2.24, 2.45) is 0 Å². The Morgan fingerprint density at radius 1 is 1.50 bits per heavy atom. The van der Waals surface area contributed by atoms with Gasteiger partial charge in [-0.15, -0.1) is 5.10 Å². The number of aromatic nitrogens is 4. The molecule has 78 valence electrons. The summed E-state index contributed by atoms with van der Waals surface area (Å²) in [6.07, 6.45) is 3.71. The minimum atomic E-state index is -0.135. The lowest BCUT2D eigenvalue weighted by atomic mass is 10.2. The van der Waals surface area contributed by atoms with Gasteiger partial charge < -0.3 is 4.74 Å². The summed E-state index contributed by atoms with van der Waals surface area (Å²) in [5.41, 5.74) is 0. The zero-order chi connectivity index (χ0) is 10.2. The number of hydrogen-bond acceptors (Lipinski definition) is 5. The molecule has 6 nitrogen and oxygen atoms in total. The Hall–Kier alpha value is -1.46. The molecular formula is C8H14N4O2. The topological polar surface area (TPSA) is 69.9 Å². The van der Waals surface area contributed by atoms with Crippen molar-refractivity contribution < 1.29 is 9.53 Å². The van der Waals surface area contributed by atoms with Crippen LogP contribution in [0.1, 0.15) is 26.2 Å². The zero-order valence-electron chi connectivity index (χ0n) is 8.22. The van der Waals surface area contributed by atoms with Crippen LogP contribution in [-0.4, -0.2) is 32.8 Å². The summed E-state index contributed by atoms with van der Waals surface area (Å²) in [5, 5.41) is 10.7. The van der Waals surface area contributed by atoms with E-state index in [1.54, 1.807) is 17.9 Å². The molecule has 1 rings (SSSR count). The number of tetrazole rings is 1. The van der Waals surface area contributed by atoms with Crippen LogP contribution < -0.4 is 0 Å². The Labute approximate surface area is 82.2 Å². The molecule has 0 aromatic carbocycles. The highest BCUT2D eigenvalue weighted by Crippen LogP contribution is 1.99. The number of unbranched alkanes of at least 4 members (excludes halogenated alkanes) is 1. The predicted molar refractivity (Wildman–Crippen MR) is 48.3 cm³/mol. The van der Waals surface area contributed by atoms with Crippen LogP contribution in [-0.2, 0) is 16.1 Å². The number of carbonyl (C=O) groups is 1. The van der Waals surface area contributed by atoms with Crippen LogP contribution in [0.4, 0.5) is 0 Å². The molecule has 0 aliphatic carbocycles. The summed E-state index contributed by atoms with van der Waals surface area (Å²) in [5.74, 6) is -0.135.